The third kappa shape index (κ3) is 6.89. The van der Waals surface area contributed by atoms with E-state index in [1.165, 1.54) is 74.9 Å². The molecule has 2 aliphatic rings. The second-order valence-corrected chi connectivity index (χ2v) is 14.2. The maximum atomic E-state index is 13.1. The molecule has 7 atom stereocenters. The Balaban J connectivity index is 1.32. The van der Waals surface area contributed by atoms with Gasteiger partial charge in [-0.05, 0) is 48.0 Å². The maximum Gasteiger partial charge on any atom is 0.229 e. The van der Waals surface area contributed by atoms with Crippen molar-refractivity contribution in [2.45, 2.75) is 49.3 Å². The van der Waals surface area contributed by atoms with E-state index >= 15 is 0 Å². The Kier molecular flexibility index (Phi) is 10.4. The summed E-state index contributed by atoms with van der Waals surface area (Å²) in [5, 5.41) is 106. The number of hydrogen-bond donors (Lipinski definition) is 10. The minimum Gasteiger partial charge on any atom is -0.507 e. The fourth-order valence-electron chi connectivity index (χ4n) is 7.39. The van der Waals surface area contributed by atoms with E-state index in [1.54, 1.807) is 0 Å². The minimum absolute atomic E-state index is 0.00236. The number of rotatable bonds is 9. The number of phenols is 5. The fourth-order valence-corrected chi connectivity index (χ4v) is 7.39. The Morgan fingerprint density at radius 1 is 0.767 bits per heavy atom. The zero-order valence-electron chi connectivity index (χ0n) is 31.5. The molecule has 0 amide bonds. The third-order valence-electron chi connectivity index (χ3n) is 10.4. The summed E-state index contributed by atoms with van der Waals surface area (Å²) in [5.74, 6) is -2.42. The molecule has 1 fully saturated rings. The number of fused-ring (bicyclic) bond motifs is 1. The molecule has 7 unspecified atom stereocenters. The molecule has 0 bridgehead atoms. The van der Waals surface area contributed by atoms with Gasteiger partial charge in [0.1, 0.15) is 64.7 Å². The van der Waals surface area contributed by atoms with Crippen LogP contribution in [0.15, 0.2) is 68.2 Å². The number of phenolic OH excluding ortho intramolecular Hbond substituents is 5. The summed E-state index contributed by atoms with van der Waals surface area (Å²) < 4.78 is 41.3. The summed E-state index contributed by atoms with van der Waals surface area (Å²) in [6.07, 6.45) is -8.18. The smallest absolute Gasteiger partial charge is 0.229 e. The first kappa shape index (κ1) is 40.1. The lowest BCUT2D eigenvalue weighted by Gasteiger charge is -2.39. The number of aliphatic hydroxyl groups excluding tert-OH is 5. The lowest BCUT2D eigenvalue weighted by atomic mass is 9.92. The van der Waals surface area contributed by atoms with Gasteiger partial charge in [-0.1, -0.05) is 6.07 Å². The van der Waals surface area contributed by atoms with Crippen molar-refractivity contribution in [3.63, 3.8) is 0 Å². The van der Waals surface area contributed by atoms with Crippen LogP contribution in [0.5, 0.6) is 51.7 Å². The van der Waals surface area contributed by atoms with E-state index in [0.29, 0.717) is 0 Å². The van der Waals surface area contributed by atoms with Crippen molar-refractivity contribution in [3.05, 3.63) is 87.3 Å². The van der Waals surface area contributed by atoms with Gasteiger partial charge >= 0.3 is 0 Å². The Morgan fingerprint density at radius 2 is 1.47 bits per heavy atom. The molecule has 0 spiro atoms. The molecule has 0 aliphatic carbocycles. The molecule has 4 heterocycles. The SMILES string of the molecule is COc1cc(-c2oc3cc(=O)cc4oc(/C=C/c5c(O)cc(O)c6c5OC(c5ccc(O)c(O)c5)C(O)C6)cc(c2OC2OC(CO)C(O)C(O)C2O)c43)cc(OC)c1O. The monoisotopic (exact) mass is 830 g/mol. The molecule has 0 radical (unpaired) electrons. The van der Waals surface area contributed by atoms with Gasteiger partial charge in [-0.2, -0.15) is 0 Å². The van der Waals surface area contributed by atoms with E-state index in [1.807, 2.05) is 0 Å². The number of methoxy groups -OCH3 is 2. The van der Waals surface area contributed by atoms with Crippen molar-refractivity contribution in [2.75, 3.05) is 20.8 Å². The average molecular weight is 831 g/mol. The molecule has 2 aliphatic heterocycles. The van der Waals surface area contributed by atoms with Crippen LogP contribution in [0.1, 0.15) is 28.6 Å². The van der Waals surface area contributed by atoms with Gasteiger partial charge in [0.25, 0.3) is 0 Å². The molecule has 2 aromatic heterocycles. The van der Waals surface area contributed by atoms with E-state index in [9.17, 15) is 55.9 Å². The van der Waals surface area contributed by atoms with Crippen LogP contribution in [0, 0.1) is 0 Å². The Labute approximate surface area is 337 Å². The van der Waals surface area contributed by atoms with E-state index in [0.717, 1.165) is 6.07 Å². The number of aromatic hydroxyl groups is 5. The zero-order valence-corrected chi connectivity index (χ0v) is 31.5. The summed E-state index contributed by atoms with van der Waals surface area (Å²) in [5.41, 5.74) is 0.0803. The van der Waals surface area contributed by atoms with E-state index in [-0.39, 0.29) is 96.6 Å². The van der Waals surface area contributed by atoms with Gasteiger partial charge in [0.05, 0.1) is 37.9 Å². The molecule has 0 saturated carbocycles. The topological polar surface area (TPSA) is 292 Å². The van der Waals surface area contributed by atoms with Crippen LogP contribution in [0.25, 0.3) is 45.4 Å². The van der Waals surface area contributed by atoms with Gasteiger partial charge in [0.2, 0.25) is 12.0 Å². The molecule has 1 saturated heterocycles. The summed E-state index contributed by atoms with van der Waals surface area (Å²) in [4.78, 5) is 13.1. The van der Waals surface area contributed by atoms with Crippen LogP contribution in [-0.2, 0) is 11.2 Å². The van der Waals surface area contributed by atoms with Crippen molar-refractivity contribution in [2.24, 2.45) is 0 Å². The Bertz CT molecular complexity index is 2690. The van der Waals surface area contributed by atoms with Crippen molar-refractivity contribution < 1.29 is 83.6 Å². The second-order valence-electron chi connectivity index (χ2n) is 14.2. The average Bonchev–Trinajstić information content (AvgIpc) is 3.22. The molecule has 10 N–H and O–H groups in total. The van der Waals surface area contributed by atoms with Crippen LogP contribution >= 0.6 is 0 Å². The van der Waals surface area contributed by atoms with Crippen LogP contribution in [0.4, 0.5) is 0 Å². The zero-order chi connectivity index (χ0) is 42.7. The van der Waals surface area contributed by atoms with E-state index in [4.69, 9.17) is 32.5 Å². The predicted octanol–water partition coefficient (Wildman–Crippen LogP) is 3.14. The summed E-state index contributed by atoms with van der Waals surface area (Å²) in [6, 6.07) is 11.5. The highest BCUT2D eigenvalue weighted by atomic mass is 16.7. The molecule has 6 aromatic rings. The van der Waals surface area contributed by atoms with E-state index < -0.39 is 72.2 Å². The number of benzene rings is 4. The molecule has 8 rings (SSSR count). The first-order chi connectivity index (χ1) is 28.7. The Hall–Kier alpha value is -6.67. The van der Waals surface area contributed by atoms with Crippen LogP contribution in [0.3, 0.4) is 0 Å². The van der Waals surface area contributed by atoms with Crippen molar-refractivity contribution in [1.29, 1.82) is 0 Å². The van der Waals surface area contributed by atoms with Gasteiger partial charge in [-0.15, -0.1) is 0 Å². The molecular formula is C42H38O18. The molecule has 18 nitrogen and oxygen atoms in total. The van der Waals surface area contributed by atoms with Gasteiger partial charge in [0, 0.05) is 41.1 Å². The van der Waals surface area contributed by atoms with Crippen molar-refractivity contribution >= 4 is 34.1 Å². The molecule has 18 heteroatoms. The molecule has 60 heavy (non-hydrogen) atoms. The first-order valence-electron chi connectivity index (χ1n) is 18.3. The quantitative estimate of drug-likeness (QED) is 0.0937. The number of aliphatic hydroxyl groups is 5. The normalized spacial score (nSPS) is 22.8. The minimum atomic E-state index is -1.87. The third-order valence-corrected chi connectivity index (χ3v) is 10.4. The lowest BCUT2D eigenvalue weighted by molar-refractivity contribution is -0.277. The summed E-state index contributed by atoms with van der Waals surface area (Å²) in [6.45, 7) is -0.757. The van der Waals surface area contributed by atoms with Gasteiger partial charge in [0.15, 0.2) is 39.9 Å². The number of hydrogen-bond acceptors (Lipinski definition) is 18. The highest BCUT2D eigenvalue weighted by Crippen LogP contribution is 2.49. The highest BCUT2D eigenvalue weighted by Gasteiger charge is 2.45. The fraction of sp³-hybridized carbons (Fsp3) is 0.262. The highest BCUT2D eigenvalue weighted by molar-refractivity contribution is 6.10. The maximum absolute atomic E-state index is 13.1. The van der Waals surface area contributed by atoms with Gasteiger partial charge in [-0.3, -0.25) is 4.79 Å². The predicted molar refractivity (Wildman–Crippen MR) is 208 cm³/mol. The van der Waals surface area contributed by atoms with Crippen LogP contribution < -0.4 is 24.4 Å². The molecular weight excluding hydrogens is 792 g/mol. The standard InChI is InChI=1S/C42H38O18/c1-54-30-8-17(9-31(55-2)34(30)50)39-41(60-42-37(53)36(52)35(51)32(15-43)58-42)22-12-19(56-28-10-18(44)11-29(57-39)33(22)28)4-5-20-24(46)14-25(47)21-13-27(49)38(59-40(20)21)16-3-6-23(45)26(48)7-16/h3-12,14,27,32,35-38,42-43,45-53H,13,15H2,1-2H3/b5-4+. The van der Waals surface area contributed by atoms with Gasteiger partial charge in [-0.25, -0.2) is 0 Å². The van der Waals surface area contributed by atoms with Crippen molar-refractivity contribution in [3.8, 4) is 63.1 Å². The lowest BCUT2D eigenvalue weighted by Crippen LogP contribution is -2.60. The van der Waals surface area contributed by atoms with Crippen LogP contribution in [-0.4, -0.2) is 109 Å². The van der Waals surface area contributed by atoms with Gasteiger partial charge < -0.3 is 83.6 Å². The Morgan fingerprint density at radius 3 is 2.13 bits per heavy atom. The van der Waals surface area contributed by atoms with Crippen LogP contribution in [0.2, 0.25) is 0 Å². The summed E-state index contributed by atoms with van der Waals surface area (Å²) in [7, 11) is 2.60. The second kappa shape index (κ2) is 15.5. The first-order valence-corrected chi connectivity index (χ1v) is 18.3. The molecule has 314 valence electrons. The summed E-state index contributed by atoms with van der Waals surface area (Å²) >= 11 is 0. The molecule has 4 aromatic carbocycles. The largest absolute Gasteiger partial charge is 0.507 e. The van der Waals surface area contributed by atoms with E-state index in [2.05, 4.69) is 0 Å². The van der Waals surface area contributed by atoms with Crippen molar-refractivity contribution in [1.82, 2.24) is 0 Å². The number of ether oxygens (including phenoxy) is 5.